The molecule has 0 aromatic carbocycles. The van der Waals surface area contributed by atoms with Gasteiger partial charge in [-0.2, -0.15) is 5.10 Å². The smallest absolute Gasteiger partial charge is 0.136 e. The summed E-state index contributed by atoms with van der Waals surface area (Å²) in [5, 5.41) is 4.68. The lowest BCUT2D eigenvalue weighted by molar-refractivity contribution is 0.331. The lowest BCUT2D eigenvalue weighted by atomic mass is 9.96. The van der Waals surface area contributed by atoms with Crippen molar-refractivity contribution < 1.29 is 0 Å². The third-order valence-corrected chi connectivity index (χ3v) is 4.19. The Bertz CT molecular complexity index is 365. The molecule has 1 fully saturated rings. The van der Waals surface area contributed by atoms with Crippen molar-refractivity contribution in [3.8, 4) is 0 Å². The lowest BCUT2D eigenvalue weighted by Crippen LogP contribution is -2.16. The van der Waals surface area contributed by atoms with Crippen molar-refractivity contribution in [3.05, 3.63) is 10.2 Å². The molecule has 1 saturated carbocycles. The van der Waals surface area contributed by atoms with Crippen LogP contribution in [0.2, 0.25) is 0 Å². The summed E-state index contributed by atoms with van der Waals surface area (Å²) < 4.78 is 3.03. The molecule has 0 bridgehead atoms. The lowest BCUT2D eigenvalue weighted by Gasteiger charge is -2.22. The maximum absolute atomic E-state index is 6.13. The van der Waals surface area contributed by atoms with Crippen LogP contribution in [0.1, 0.15) is 63.6 Å². The summed E-state index contributed by atoms with van der Waals surface area (Å²) in [5.74, 6) is 1.22. The molecule has 0 amide bonds. The molecule has 2 rings (SSSR count). The molecular weight excluding hydrogens is 266 g/mol. The van der Waals surface area contributed by atoms with Gasteiger partial charge in [0.15, 0.2) is 0 Å². The van der Waals surface area contributed by atoms with Crippen molar-refractivity contribution in [2.45, 2.75) is 57.9 Å². The van der Waals surface area contributed by atoms with Crippen LogP contribution in [0.4, 0.5) is 5.82 Å². The van der Waals surface area contributed by atoms with E-state index >= 15 is 0 Å². The maximum Gasteiger partial charge on any atom is 0.136 e. The Labute approximate surface area is 106 Å². The number of halogens is 1. The fourth-order valence-corrected chi connectivity index (χ4v) is 3.14. The Morgan fingerprint density at radius 2 is 1.94 bits per heavy atom. The van der Waals surface area contributed by atoms with Gasteiger partial charge < -0.3 is 5.73 Å². The van der Waals surface area contributed by atoms with Gasteiger partial charge in [-0.1, -0.05) is 33.1 Å². The van der Waals surface area contributed by atoms with E-state index in [1.165, 1.54) is 32.1 Å². The van der Waals surface area contributed by atoms with Gasteiger partial charge in [0, 0.05) is 0 Å². The summed E-state index contributed by atoms with van der Waals surface area (Å²) in [4.78, 5) is 0. The van der Waals surface area contributed by atoms with Gasteiger partial charge in [0.05, 0.1) is 16.2 Å². The van der Waals surface area contributed by atoms with Crippen molar-refractivity contribution in [1.82, 2.24) is 9.78 Å². The first-order valence-electron chi connectivity index (χ1n) is 6.14. The third kappa shape index (κ3) is 2.12. The van der Waals surface area contributed by atoms with Crippen molar-refractivity contribution >= 4 is 21.7 Å². The van der Waals surface area contributed by atoms with Crippen LogP contribution in [-0.4, -0.2) is 9.78 Å². The molecule has 90 valence electrons. The molecule has 2 N–H and O–H groups in total. The summed E-state index contributed by atoms with van der Waals surface area (Å²) in [7, 11) is 0. The molecule has 0 spiro atoms. The molecule has 16 heavy (non-hydrogen) atoms. The van der Waals surface area contributed by atoms with Gasteiger partial charge >= 0.3 is 0 Å². The number of anilines is 1. The summed E-state index contributed by atoms with van der Waals surface area (Å²) in [5.41, 5.74) is 7.21. The Morgan fingerprint density at radius 1 is 1.31 bits per heavy atom. The number of nitrogens with two attached hydrogens (primary N) is 1. The molecule has 0 saturated heterocycles. The zero-order valence-electron chi connectivity index (χ0n) is 10.0. The number of nitrogens with zero attached hydrogens (tertiary/aromatic N) is 2. The van der Waals surface area contributed by atoms with Gasteiger partial charge in [-0.25, -0.2) is 4.68 Å². The first-order chi connectivity index (χ1) is 7.61. The largest absolute Gasteiger partial charge is 0.383 e. The molecule has 1 aromatic heterocycles. The molecule has 4 heteroatoms. The van der Waals surface area contributed by atoms with Gasteiger partial charge in [0.25, 0.3) is 0 Å². The minimum absolute atomic E-state index is 0.418. The average Bonchev–Trinajstić information content (AvgIpc) is 2.58. The quantitative estimate of drug-likeness (QED) is 0.897. The second-order valence-corrected chi connectivity index (χ2v) is 5.77. The SMILES string of the molecule is CC(C)c1nn(C2CCCCC2)c(N)c1Br. The Morgan fingerprint density at radius 3 is 2.44 bits per heavy atom. The number of rotatable bonds is 2. The standard InChI is InChI=1S/C12H20BrN3/c1-8(2)11-10(13)12(14)16(15-11)9-6-4-3-5-7-9/h8-9H,3-7,14H2,1-2H3. The van der Waals surface area contributed by atoms with E-state index < -0.39 is 0 Å². The molecule has 0 unspecified atom stereocenters. The minimum Gasteiger partial charge on any atom is -0.383 e. The maximum atomic E-state index is 6.13. The van der Waals surface area contributed by atoms with Gasteiger partial charge in [-0.15, -0.1) is 0 Å². The van der Waals surface area contributed by atoms with Crippen LogP contribution in [0.5, 0.6) is 0 Å². The van der Waals surface area contributed by atoms with E-state index in [4.69, 9.17) is 5.73 Å². The van der Waals surface area contributed by atoms with Crippen LogP contribution in [0.15, 0.2) is 4.47 Å². The average molecular weight is 286 g/mol. The van der Waals surface area contributed by atoms with Crippen LogP contribution in [0, 0.1) is 0 Å². The second kappa shape index (κ2) is 4.78. The molecule has 0 radical (unpaired) electrons. The van der Waals surface area contributed by atoms with E-state index in [9.17, 15) is 0 Å². The zero-order chi connectivity index (χ0) is 11.7. The van der Waals surface area contributed by atoms with E-state index in [1.807, 2.05) is 4.68 Å². The van der Waals surface area contributed by atoms with Crippen LogP contribution in [0.3, 0.4) is 0 Å². The number of hydrogen-bond acceptors (Lipinski definition) is 2. The minimum atomic E-state index is 0.418. The van der Waals surface area contributed by atoms with Gasteiger partial charge in [-0.3, -0.25) is 0 Å². The van der Waals surface area contributed by atoms with Crippen molar-refractivity contribution in [3.63, 3.8) is 0 Å². The molecule has 0 atom stereocenters. The van der Waals surface area contributed by atoms with Crippen molar-refractivity contribution in [2.75, 3.05) is 5.73 Å². The molecule has 1 aromatic rings. The normalized spacial score (nSPS) is 18.2. The van der Waals surface area contributed by atoms with E-state index in [-0.39, 0.29) is 0 Å². The highest BCUT2D eigenvalue weighted by atomic mass is 79.9. The Balaban J connectivity index is 2.30. The summed E-state index contributed by atoms with van der Waals surface area (Å²) >= 11 is 3.56. The number of aromatic nitrogens is 2. The molecule has 0 aliphatic heterocycles. The van der Waals surface area contributed by atoms with E-state index in [1.54, 1.807) is 0 Å². The summed E-state index contributed by atoms with van der Waals surface area (Å²) in [6.45, 7) is 4.30. The Hall–Kier alpha value is -0.510. The molecular formula is C12H20BrN3. The highest BCUT2D eigenvalue weighted by Crippen LogP contribution is 2.35. The van der Waals surface area contributed by atoms with Crippen LogP contribution < -0.4 is 5.73 Å². The van der Waals surface area contributed by atoms with Crippen molar-refractivity contribution in [2.24, 2.45) is 0 Å². The first-order valence-corrected chi connectivity index (χ1v) is 6.94. The second-order valence-electron chi connectivity index (χ2n) is 4.98. The topological polar surface area (TPSA) is 43.8 Å². The Kier molecular flexibility index (Phi) is 3.57. The molecule has 3 nitrogen and oxygen atoms in total. The van der Waals surface area contributed by atoms with Crippen LogP contribution in [0.25, 0.3) is 0 Å². The highest BCUT2D eigenvalue weighted by Gasteiger charge is 2.22. The fourth-order valence-electron chi connectivity index (χ4n) is 2.42. The van der Waals surface area contributed by atoms with Gasteiger partial charge in [0.2, 0.25) is 0 Å². The molecule has 1 aliphatic rings. The fraction of sp³-hybridized carbons (Fsp3) is 0.750. The van der Waals surface area contributed by atoms with Gasteiger partial charge in [-0.05, 0) is 34.7 Å². The first kappa shape index (κ1) is 12.0. The van der Waals surface area contributed by atoms with E-state index in [0.717, 1.165) is 16.0 Å². The summed E-state index contributed by atoms with van der Waals surface area (Å²) in [6.07, 6.45) is 6.40. The van der Waals surface area contributed by atoms with Crippen molar-refractivity contribution in [1.29, 1.82) is 0 Å². The number of hydrogen-bond donors (Lipinski definition) is 1. The number of nitrogen functional groups attached to an aromatic ring is 1. The highest BCUT2D eigenvalue weighted by molar-refractivity contribution is 9.10. The molecule has 1 aliphatic carbocycles. The van der Waals surface area contributed by atoms with E-state index in [0.29, 0.717) is 12.0 Å². The van der Waals surface area contributed by atoms with Crippen LogP contribution >= 0.6 is 15.9 Å². The zero-order valence-corrected chi connectivity index (χ0v) is 11.6. The van der Waals surface area contributed by atoms with Crippen LogP contribution in [-0.2, 0) is 0 Å². The predicted molar refractivity (Wildman–Crippen MR) is 70.6 cm³/mol. The molecule has 1 heterocycles. The summed E-state index contributed by atoms with van der Waals surface area (Å²) in [6, 6.07) is 0.512. The third-order valence-electron chi connectivity index (χ3n) is 3.38. The van der Waals surface area contributed by atoms with E-state index in [2.05, 4.69) is 34.9 Å². The monoisotopic (exact) mass is 285 g/mol. The van der Waals surface area contributed by atoms with Gasteiger partial charge in [0.1, 0.15) is 5.82 Å². The predicted octanol–water partition coefficient (Wildman–Crippen LogP) is 3.86.